The Labute approximate surface area is 147 Å². The molecule has 1 aliphatic heterocycles. The first-order chi connectivity index (χ1) is 11.7. The second kappa shape index (κ2) is 4.30. The summed E-state index contributed by atoms with van der Waals surface area (Å²) in [4.78, 5) is 25.1. The zero-order chi connectivity index (χ0) is 17.8. The van der Waals surface area contributed by atoms with E-state index in [1.165, 1.54) is 0 Å². The van der Waals surface area contributed by atoms with Crippen molar-refractivity contribution < 1.29 is 24.5 Å². The van der Waals surface area contributed by atoms with Gasteiger partial charge in [0.05, 0.1) is 17.6 Å². The maximum Gasteiger partial charge on any atom is 0.312 e. The molecule has 5 fully saturated rings. The number of ether oxygens (including phenoxy) is 1. The molecule has 136 valence electrons. The van der Waals surface area contributed by atoms with Crippen LogP contribution in [-0.2, 0) is 14.3 Å². The van der Waals surface area contributed by atoms with Crippen LogP contribution >= 0.6 is 0 Å². The standard InChI is InChI=1S/C20H26O5/c1-11-8-19-9-20(11,24)7-4-12(19)18-6-3-5-17(2,16(23)25-10-18)14(18)13(19)15(21)22/h12-14,24H,1,3-10H2,2H3,(H,21,22)/p-1/t12-,13+,14+,17-,18+,19-,20-/m0/s1. The molecular formula is C20H25O5-. The van der Waals surface area contributed by atoms with Crippen molar-refractivity contribution in [1.29, 1.82) is 0 Å². The van der Waals surface area contributed by atoms with Gasteiger partial charge in [0.15, 0.2) is 0 Å². The highest BCUT2D eigenvalue weighted by Gasteiger charge is 2.78. The van der Waals surface area contributed by atoms with Crippen molar-refractivity contribution in [3.63, 3.8) is 0 Å². The molecule has 0 aromatic rings. The number of rotatable bonds is 1. The van der Waals surface area contributed by atoms with Crippen LogP contribution in [0, 0.1) is 34.0 Å². The zero-order valence-electron chi connectivity index (χ0n) is 14.7. The topological polar surface area (TPSA) is 86.7 Å². The lowest BCUT2D eigenvalue weighted by Gasteiger charge is -2.56. The highest BCUT2D eigenvalue weighted by atomic mass is 16.5. The lowest BCUT2D eigenvalue weighted by molar-refractivity contribution is -0.319. The Kier molecular flexibility index (Phi) is 2.73. The first kappa shape index (κ1) is 15.9. The molecule has 0 unspecified atom stereocenters. The summed E-state index contributed by atoms with van der Waals surface area (Å²) >= 11 is 0. The van der Waals surface area contributed by atoms with Gasteiger partial charge >= 0.3 is 5.97 Å². The van der Waals surface area contributed by atoms with Crippen LogP contribution in [0.3, 0.4) is 0 Å². The van der Waals surface area contributed by atoms with Crippen LogP contribution in [0.25, 0.3) is 0 Å². The molecule has 0 aromatic carbocycles. The van der Waals surface area contributed by atoms with E-state index in [0.29, 0.717) is 32.3 Å². The minimum Gasteiger partial charge on any atom is -0.550 e. The summed E-state index contributed by atoms with van der Waals surface area (Å²) in [6.45, 7) is 6.31. The van der Waals surface area contributed by atoms with Gasteiger partial charge in [0.1, 0.15) is 0 Å². The summed E-state index contributed by atoms with van der Waals surface area (Å²) in [5.74, 6) is -2.11. The number of carbonyl (C=O) groups excluding carboxylic acids is 2. The summed E-state index contributed by atoms with van der Waals surface area (Å²) in [5, 5.41) is 23.4. The smallest absolute Gasteiger partial charge is 0.312 e. The van der Waals surface area contributed by atoms with Crippen molar-refractivity contribution in [3.8, 4) is 0 Å². The van der Waals surface area contributed by atoms with Gasteiger partial charge in [0.2, 0.25) is 0 Å². The second-order valence-corrected chi connectivity index (χ2v) is 9.67. The lowest BCUT2D eigenvalue weighted by Crippen LogP contribution is -2.59. The number of hydrogen-bond acceptors (Lipinski definition) is 5. The van der Waals surface area contributed by atoms with E-state index in [2.05, 4.69) is 6.58 Å². The third-order valence-corrected chi connectivity index (χ3v) is 8.85. The molecule has 5 heteroatoms. The van der Waals surface area contributed by atoms with Gasteiger partial charge in [-0.3, -0.25) is 4.79 Å². The van der Waals surface area contributed by atoms with Crippen LogP contribution < -0.4 is 5.11 Å². The Balaban J connectivity index is 1.76. The number of carbonyl (C=O) groups is 2. The largest absolute Gasteiger partial charge is 0.550 e. The van der Waals surface area contributed by atoms with E-state index >= 15 is 0 Å². The Morgan fingerprint density at radius 2 is 2.08 bits per heavy atom. The minimum absolute atomic E-state index is 0.153. The van der Waals surface area contributed by atoms with Crippen molar-refractivity contribution in [3.05, 3.63) is 12.2 Å². The number of aliphatic carboxylic acids is 1. The number of hydrogen-bond donors (Lipinski definition) is 1. The van der Waals surface area contributed by atoms with E-state index in [1.807, 2.05) is 6.92 Å². The Hall–Kier alpha value is -1.36. The van der Waals surface area contributed by atoms with Gasteiger partial charge in [0.25, 0.3) is 0 Å². The minimum atomic E-state index is -1.06. The van der Waals surface area contributed by atoms with Crippen LogP contribution in [0.2, 0.25) is 0 Å². The molecule has 4 aliphatic carbocycles. The molecule has 1 spiro atoms. The summed E-state index contributed by atoms with van der Waals surface area (Å²) in [5.41, 5.74) is -1.75. The Bertz CT molecular complexity index is 715. The normalized spacial score (nSPS) is 56.2. The molecule has 4 bridgehead atoms. The van der Waals surface area contributed by atoms with Crippen molar-refractivity contribution in [1.82, 2.24) is 0 Å². The second-order valence-electron chi connectivity index (χ2n) is 9.67. The fourth-order valence-corrected chi connectivity index (χ4v) is 8.15. The van der Waals surface area contributed by atoms with Gasteiger partial charge in [-0.15, -0.1) is 0 Å². The number of carboxylic acids is 1. The highest BCUT2D eigenvalue weighted by Crippen LogP contribution is 2.79. The van der Waals surface area contributed by atoms with Crippen LogP contribution in [0.4, 0.5) is 0 Å². The Morgan fingerprint density at radius 1 is 1.32 bits per heavy atom. The Morgan fingerprint density at radius 3 is 2.80 bits per heavy atom. The summed E-state index contributed by atoms with van der Waals surface area (Å²) < 4.78 is 5.65. The van der Waals surface area contributed by atoms with Gasteiger partial charge in [-0.2, -0.15) is 0 Å². The quantitative estimate of drug-likeness (QED) is 0.570. The van der Waals surface area contributed by atoms with Gasteiger partial charge in [-0.05, 0) is 68.3 Å². The molecule has 0 amide bonds. The molecule has 1 N–H and O–H groups in total. The molecule has 5 aliphatic rings. The number of fused-ring (bicyclic) bond motifs is 1. The zero-order valence-corrected chi connectivity index (χ0v) is 14.7. The van der Waals surface area contributed by atoms with Gasteiger partial charge in [0, 0.05) is 17.3 Å². The molecule has 4 saturated carbocycles. The first-order valence-corrected chi connectivity index (χ1v) is 9.48. The van der Waals surface area contributed by atoms with E-state index in [-0.39, 0.29) is 23.2 Å². The number of cyclic esters (lactones) is 1. The summed E-state index contributed by atoms with van der Waals surface area (Å²) in [6, 6.07) is 0. The van der Waals surface area contributed by atoms with E-state index < -0.39 is 28.3 Å². The molecule has 1 saturated heterocycles. The average Bonchev–Trinajstić information content (AvgIpc) is 2.90. The number of esters is 1. The molecular weight excluding hydrogens is 320 g/mol. The number of carboxylic acid groups (broad SMARTS) is 1. The van der Waals surface area contributed by atoms with Crippen molar-refractivity contribution in [2.75, 3.05) is 6.61 Å². The number of aliphatic hydroxyl groups is 1. The van der Waals surface area contributed by atoms with E-state index in [0.717, 1.165) is 24.8 Å². The highest BCUT2D eigenvalue weighted by molar-refractivity contribution is 5.81. The van der Waals surface area contributed by atoms with E-state index in [1.54, 1.807) is 0 Å². The van der Waals surface area contributed by atoms with Gasteiger partial charge < -0.3 is 19.7 Å². The molecule has 0 aromatic heterocycles. The third kappa shape index (κ3) is 1.52. The SMILES string of the molecule is C=C1C[C@]23C[C@@]1(O)CC[C@H]2[C@@]12CCC[C@](C)(C(=O)OC1)[C@H]2[C@@H]3C(=O)[O-]. The van der Waals surface area contributed by atoms with Crippen molar-refractivity contribution in [2.24, 2.45) is 34.0 Å². The first-order valence-electron chi connectivity index (χ1n) is 9.48. The fourth-order valence-electron chi connectivity index (χ4n) is 8.15. The maximum absolute atomic E-state index is 12.7. The van der Waals surface area contributed by atoms with E-state index in [9.17, 15) is 19.8 Å². The molecule has 5 nitrogen and oxygen atoms in total. The fraction of sp³-hybridized carbons (Fsp3) is 0.800. The molecule has 1 heterocycles. The van der Waals surface area contributed by atoms with Crippen LogP contribution in [0.5, 0.6) is 0 Å². The van der Waals surface area contributed by atoms with Gasteiger partial charge in [-0.1, -0.05) is 13.0 Å². The molecule has 0 radical (unpaired) electrons. The van der Waals surface area contributed by atoms with Crippen molar-refractivity contribution >= 4 is 11.9 Å². The average molecular weight is 345 g/mol. The van der Waals surface area contributed by atoms with Crippen LogP contribution in [0.1, 0.15) is 51.9 Å². The molecule has 7 atom stereocenters. The van der Waals surface area contributed by atoms with E-state index in [4.69, 9.17) is 4.74 Å². The van der Waals surface area contributed by atoms with Crippen LogP contribution in [-0.4, -0.2) is 29.3 Å². The lowest BCUT2D eigenvalue weighted by atomic mass is 9.51. The van der Waals surface area contributed by atoms with Crippen LogP contribution in [0.15, 0.2) is 12.2 Å². The van der Waals surface area contributed by atoms with Crippen molar-refractivity contribution in [2.45, 2.75) is 57.5 Å². The van der Waals surface area contributed by atoms with Gasteiger partial charge in [-0.25, -0.2) is 0 Å². The maximum atomic E-state index is 12.7. The third-order valence-electron chi connectivity index (χ3n) is 8.85. The monoisotopic (exact) mass is 345 g/mol. The summed E-state index contributed by atoms with van der Waals surface area (Å²) in [7, 11) is 0. The molecule has 25 heavy (non-hydrogen) atoms. The predicted molar refractivity (Wildman–Crippen MR) is 85.8 cm³/mol. The predicted octanol–water partition coefficient (Wildman–Crippen LogP) is 1.19. The molecule has 5 rings (SSSR count). The summed E-state index contributed by atoms with van der Waals surface area (Å²) in [6.07, 6.45) is 4.91.